The number of benzene rings is 2. The molecule has 0 radical (unpaired) electrons. The van der Waals surface area contributed by atoms with Gasteiger partial charge in [0.1, 0.15) is 11.6 Å². The highest BCUT2D eigenvalue weighted by Gasteiger charge is 2.59. The van der Waals surface area contributed by atoms with Gasteiger partial charge in [0.05, 0.1) is 6.42 Å². The minimum Gasteiger partial charge on any atom is -0.342 e. The third kappa shape index (κ3) is 3.42. The summed E-state index contributed by atoms with van der Waals surface area (Å²) >= 11 is 0. The number of anilines is 1. The quantitative estimate of drug-likeness (QED) is 0.769. The topological polar surface area (TPSA) is 74.8 Å². The Morgan fingerprint density at radius 3 is 2.38 bits per heavy atom. The molecule has 0 bridgehead atoms. The van der Waals surface area contributed by atoms with Crippen LogP contribution in [0.3, 0.4) is 0 Å². The maximum absolute atomic E-state index is 13.4. The number of sulfone groups is 1. The van der Waals surface area contributed by atoms with Gasteiger partial charge in [0.25, 0.3) is 0 Å². The van der Waals surface area contributed by atoms with E-state index in [0.717, 1.165) is 0 Å². The van der Waals surface area contributed by atoms with Gasteiger partial charge >= 0.3 is 0 Å². The van der Waals surface area contributed by atoms with Crippen LogP contribution in [0, 0.1) is 5.82 Å². The summed E-state index contributed by atoms with van der Waals surface area (Å²) in [4.78, 5) is 26.9. The highest BCUT2D eigenvalue weighted by atomic mass is 32.2. The summed E-state index contributed by atoms with van der Waals surface area (Å²) in [6, 6.07) is 14.7. The zero-order chi connectivity index (χ0) is 20.6. The Morgan fingerprint density at radius 2 is 1.72 bits per heavy atom. The highest BCUT2D eigenvalue weighted by Crippen LogP contribution is 2.42. The molecule has 0 N–H and O–H groups in total. The number of likely N-dealkylation sites (tertiary alicyclic amines) is 1. The van der Waals surface area contributed by atoms with E-state index in [2.05, 4.69) is 0 Å². The lowest BCUT2D eigenvalue weighted by atomic mass is 10.00. The molecule has 2 amide bonds. The zero-order valence-corrected chi connectivity index (χ0v) is 16.6. The number of halogens is 1. The maximum Gasteiger partial charge on any atom is 0.243 e. The van der Waals surface area contributed by atoms with Crippen molar-refractivity contribution in [2.45, 2.75) is 24.1 Å². The third-order valence-electron chi connectivity index (χ3n) is 5.71. The highest BCUT2D eigenvalue weighted by molar-refractivity contribution is 7.94. The Kier molecular flexibility index (Phi) is 4.90. The van der Waals surface area contributed by atoms with Gasteiger partial charge in [0.2, 0.25) is 11.8 Å². The lowest BCUT2D eigenvalue weighted by molar-refractivity contribution is -0.131. The van der Waals surface area contributed by atoms with Crippen LogP contribution in [0.15, 0.2) is 54.6 Å². The molecule has 2 aliphatic rings. The van der Waals surface area contributed by atoms with Crippen molar-refractivity contribution in [1.29, 1.82) is 0 Å². The smallest absolute Gasteiger partial charge is 0.243 e. The average Bonchev–Trinajstić information content (AvgIpc) is 2.87. The molecule has 0 saturated carbocycles. The van der Waals surface area contributed by atoms with E-state index in [1.54, 1.807) is 47.4 Å². The van der Waals surface area contributed by atoms with E-state index in [1.807, 2.05) is 0 Å². The van der Waals surface area contributed by atoms with Crippen molar-refractivity contribution in [3.63, 3.8) is 0 Å². The molecule has 2 aliphatic heterocycles. The van der Waals surface area contributed by atoms with Crippen molar-refractivity contribution in [2.75, 3.05) is 23.7 Å². The predicted octanol–water partition coefficient (Wildman–Crippen LogP) is 2.15. The second-order valence-electron chi connectivity index (χ2n) is 7.46. The molecule has 152 valence electrons. The summed E-state index contributed by atoms with van der Waals surface area (Å²) in [5.41, 5.74) is 1.13. The number of carbonyl (C=O) groups is 2. The molecule has 4 rings (SSSR count). The first-order chi connectivity index (χ1) is 13.8. The number of para-hydroxylation sites is 1. The van der Waals surface area contributed by atoms with Crippen molar-refractivity contribution in [2.24, 2.45) is 0 Å². The molecular formula is C21H21FN2O4S. The number of rotatable bonds is 3. The fourth-order valence-electron chi connectivity index (χ4n) is 4.26. The standard InChI is InChI=1S/C21H21FN2O4S/c22-17-6-4-5-16(13-17)14-19(25)23-11-9-21(10-12-23)24(18-7-2-1-3-8-18)20(26)15-29(21,27)28/h1-8,13H,9-12,14-15H2. The fourth-order valence-corrected chi connectivity index (χ4v) is 6.27. The Hall–Kier alpha value is -2.74. The van der Waals surface area contributed by atoms with Gasteiger partial charge in [-0.15, -0.1) is 0 Å². The molecule has 2 aromatic rings. The van der Waals surface area contributed by atoms with Crippen LogP contribution in [0.4, 0.5) is 10.1 Å². The van der Waals surface area contributed by atoms with E-state index >= 15 is 0 Å². The molecule has 2 aromatic carbocycles. The van der Waals surface area contributed by atoms with Gasteiger partial charge in [-0.05, 0) is 29.8 Å². The van der Waals surface area contributed by atoms with Gasteiger partial charge in [-0.1, -0.05) is 30.3 Å². The van der Waals surface area contributed by atoms with E-state index in [0.29, 0.717) is 11.3 Å². The lowest BCUT2D eigenvalue weighted by Crippen LogP contribution is -2.57. The minimum absolute atomic E-state index is 0.0544. The molecule has 29 heavy (non-hydrogen) atoms. The van der Waals surface area contributed by atoms with Crippen LogP contribution in [0.1, 0.15) is 18.4 Å². The van der Waals surface area contributed by atoms with Crippen LogP contribution in [0.25, 0.3) is 0 Å². The van der Waals surface area contributed by atoms with Crippen molar-refractivity contribution in [1.82, 2.24) is 4.90 Å². The van der Waals surface area contributed by atoms with Crippen LogP contribution >= 0.6 is 0 Å². The normalized spacial score (nSPS) is 20.2. The monoisotopic (exact) mass is 416 g/mol. The number of amides is 2. The SMILES string of the molecule is O=C(Cc1cccc(F)c1)N1CCC2(CC1)N(c1ccccc1)C(=O)CS2(=O)=O. The van der Waals surface area contributed by atoms with Crippen LogP contribution < -0.4 is 4.90 Å². The fraction of sp³-hybridized carbons (Fsp3) is 0.333. The first-order valence-electron chi connectivity index (χ1n) is 9.45. The number of carbonyl (C=O) groups excluding carboxylic acids is 2. The lowest BCUT2D eigenvalue weighted by Gasteiger charge is -2.43. The first kappa shape index (κ1) is 19.6. The predicted molar refractivity (Wildman–Crippen MR) is 106 cm³/mol. The van der Waals surface area contributed by atoms with E-state index in [-0.39, 0.29) is 38.3 Å². The molecular weight excluding hydrogens is 395 g/mol. The largest absolute Gasteiger partial charge is 0.342 e. The summed E-state index contributed by atoms with van der Waals surface area (Å²) in [6.07, 6.45) is 0.370. The van der Waals surface area contributed by atoms with Gasteiger partial charge in [0.15, 0.2) is 14.7 Å². The third-order valence-corrected chi connectivity index (χ3v) is 8.08. The molecule has 2 saturated heterocycles. The van der Waals surface area contributed by atoms with Crippen LogP contribution in [0.5, 0.6) is 0 Å². The van der Waals surface area contributed by atoms with Crippen LogP contribution in [0.2, 0.25) is 0 Å². The summed E-state index contributed by atoms with van der Waals surface area (Å²) < 4.78 is 39.2. The summed E-state index contributed by atoms with van der Waals surface area (Å²) in [6.45, 7) is 0.452. The number of hydrogen-bond acceptors (Lipinski definition) is 4. The van der Waals surface area contributed by atoms with Crippen molar-refractivity contribution in [3.8, 4) is 0 Å². The molecule has 2 heterocycles. The second-order valence-corrected chi connectivity index (χ2v) is 9.74. The summed E-state index contributed by atoms with van der Waals surface area (Å²) in [5, 5.41) is 0. The molecule has 1 spiro atoms. The minimum atomic E-state index is -3.68. The van der Waals surface area contributed by atoms with Crippen LogP contribution in [-0.4, -0.2) is 48.8 Å². The Balaban J connectivity index is 1.54. The zero-order valence-electron chi connectivity index (χ0n) is 15.8. The average molecular weight is 416 g/mol. The van der Waals surface area contributed by atoms with Gasteiger partial charge in [-0.25, -0.2) is 12.8 Å². The van der Waals surface area contributed by atoms with E-state index in [4.69, 9.17) is 0 Å². The Labute approximate surface area is 168 Å². The van der Waals surface area contributed by atoms with Crippen molar-refractivity contribution in [3.05, 3.63) is 66.0 Å². The van der Waals surface area contributed by atoms with Gasteiger partial charge in [-0.3, -0.25) is 14.5 Å². The molecule has 0 unspecified atom stereocenters. The molecule has 0 atom stereocenters. The van der Waals surface area contributed by atoms with Crippen LogP contribution in [-0.2, 0) is 25.8 Å². The molecule has 0 aromatic heterocycles. The molecule has 0 aliphatic carbocycles. The van der Waals surface area contributed by atoms with Gasteiger partial charge in [0, 0.05) is 31.6 Å². The van der Waals surface area contributed by atoms with Crippen molar-refractivity contribution < 1.29 is 22.4 Å². The maximum atomic E-state index is 13.4. The first-order valence-corrected chi connectivity index (χ1v) is 11.1. The number of piperidine rings is 1. The Bertz CT molecular complexity index is 1050. The van der Waals surface area contributed by atoms with Gasteiger partial charge in [-0.2, -0.15) is 0 Å². The van der Waals surface area contributed by atoms with Crippen molar-refractivity contribution >= 4 is 27.3 Å². The number of hydrogen-bond donors (Lipinski definition) is 0. The van der Waals surface area contributed by atoms with E-state index < -0.39 is 32.2 Å². The second kappa shape index (κ2) is 7.26. The summed E-state index contributed by atoms with van der Waals surface area (Å²) in [7, 11) is -3.68. The van der Waals surface area contributed by atoms with Gasteiger partial charge < -0.3 is 4.90 Å². The van der Waals surface area contributed by atoms with E-state index in [9.17, 15) is 22.4 Å². The molecule has 6 nitrogen and oxygen atoms in total. The molecule has 2 fully saturated rings. The summed E-state index contributed by atoms with van der Waals surface area (Å²) in [5.74, 6) is -1.53. The number of nitrogens with zero attached hydrogens (tertiary/aromatic N) is 2. The molecule has 8 heteroatoms. The van der Waals surface area contributed by atoms with E-state index in [1.165, 1.54) is 17.0 Å². The Morgan fingerprint density at radius 1 is 1.03 bits per heavy atom.